The summed E-state index contributed by atoms with van der Waals surface area (Å²) in [7, 11) is 0. The highest BCUT2D eigenvalue weighted by Gasteiger charge is 2.29. The standard InChI is InChI=1S/C15H18F3NO3/c1-9(20)10-3-2-6-19(8-10)14(21)12-5-4-11(16)7-13(12)22-15(17)18/h4-5,7,9-10,15,20H,2-3,6,8H2,1H3. The second-order valence-corrected chi connectivity index (χ2v) is 5.41. The van der Waals surface area contributed by atoms with Gasteiger partial charge in [-0.15, -0.1) is 0 Å². The van der Waals surface area contributed by atoms with Crippen molar-refractivity contribution in [3.05, 3.63) is 29.6 Å². The minimum absolute atomic E-state index is 0.0578. The summed E-state index contributed by atoms with van der Waals surface area (Å²) in [6, 6.07) is 2.94. The van der Waals surface area contributed by atoms with E-state index >= 15 is 0 Å². The number of halogens is 3. The van der Waals surface area contributed by atoms with Gasteiger partial charge in [0, 0.05) is 25.1 Å². The number of likely N-dealkylation sites (tertiary alicyclic amines) is 1. The quantitative estimate of drug-likeness (QED) is 0.929. The molecule has 0 spiro atoms. The largest absolute Gasteiger partial charge is 0.434 e. The summed E-state index contributed by atoms with van der Waals surface area (Å²) in [5.74, 6) is -1.79. The van der Waals surface area contributed by atoms with Gasteiger partial charge < -0.3 is 14.7 Å². The van der Waals surface area contributed by atoms with Crippen molar-refractivity contribution in [2.75, 3.05) is 13.1 Å². The fourth-order valence-electron chi connectivity index (χ4n) is 2.62. The number of carbonyl (C=O) groups is 1. The Labute approximate surface area is 126 Å². The smallest absolute Gasteiger partial charge is 0.387 e. The number of carbonyl (C=O) groups excluding carboxylic acids is 1. The maximum Gasteiger partial charge on any atom is 0.387 e. The first-order valence-corrected chi connectivity index (χ1v) is 7.10. The van der Waals surface area contributed by atoms with Gasteiger partial charge in [-0.3, -0.25) is 4.79 Å². The van der Waals surface area contributed by atoms with E-state index in [1.807, 2.05) is 0 Å². The van der Waals surface area contributed by atoms with Crippen LogP contribution in [-0.4, -0.2) is 41.7 Å². The summed E-state index contributed by atoms with van der Waals surface area (Å²) in [5, 5.41) is 9.65. The first kappa shape index (κ1) is 16.6. The molecule has 1 heterocycles. The molecule has 0 radical (unpaired) electrons. The molecular formula is C15H18F3NO3. The maximum atomic E-state index is 13.2. The highest BCUT2D eigenvalue weighted by Crippen LogP contribution is 2.26. The van der Waals surface area contributed by atoms with Crippen LogP contribution in [-0.2, 0) is 0 Å². The van der Waals surface area contributed by atoms with Crippen LogP contribution in [0, 0.1) is 11.7 Å². The van der Waals surface area contributed by atoms with Gasteiger partial charge in [0.2, 0.25) is 0 Å². The minimum Gasteiger partial charge on any atom is -0.434 e. The topological polar surface area (TPSA) is 49.8 Å². The number of aliphatic hydroxyl groups is 1. The first-order chi connectivity index (χ1) is 10.4. The van der Waals surface area contributed by atoms with Crippen molar-refractivity contribution in [1.29, 1.82) is 0 Å². The Balaban J connectivity index is 2.21. The normalized spacial score (nSPS) is 20.1. The lowest BCUT2D eigenvalue weighted by Gasteiger charge is -2.34. The zero-order valence-corrected chi connectivity index (χ0v) is 12.1. The molecule has 2 unspecified atom stereocenters. The van der Waals surface area contributed by atoms with Crippen LogP contribution in [0.1, 0.15) is 30.1 Å². The molecule has 1 N–H and O–H groups in total. The number of ether oxygens (including phenoxy) is 1. The van der Waals surface area contributed by atoms with Crippen molar-refractivity contribution in [2.24, 2.45) is 5.92 Å². The Hall–Kier alpha value is -1.76. The number of hydrogen-bond donors (Lipinski definition) is 1. The van der Waals surface area contributed by atoms with E-state index in [4.69, 9.17) is 0 Å². The first-order valence-electron chi connectivity index (χ1n) is 7.10. The highest BCUT2D eigenvalue weighted by molar-refractivity contribution is 5.97. The van der Waals surface area contributed by atoms with Crippen LogP contribution < -0.4 is 4.74 Å². The molecule has 0 aliphatic carbocycles. The molecule has 22 heavy (non-hydrogen) atoms. The van der Waals surface area contributed by atoms with E-state index < -0.39 is 30.2 Å². The van der Waals surface area contributed by atoms with Crippen LogP contribution in [0.15, 0.2) is 18.2 Å². The number of aliphatic hydroxyl groups excluding tert-OH is 1. The molecule has 1 aliphatic heterocycles. The third-order valence-corrected chi connectivity index (χ3v) is 3.82. The number of rotatable bonds is 4. The number of nitrogens with zero attached hydrogens (tertiary/aromatic N) is 1. The van der Waals surface area contributed by atoms with Gasteiger partial charge in [-0.05, 0) is 31.9 Å². The second-order valence-electron chi connectivity index (χ2n) is 5.41. The molecule has 4 nitrogen and oxygen atoms in total. The van der Waals surface area contributed by atoms with Gasteiger partial charge in [0.05, 0.1) is 11.7 Å². The van der Waals surface area contributed by atoms with Crippen molar-refractivity contribution in [3.8, 4) is 5.75 Å². The Bertz CT molecular complexity index is 537. The zero-order chi connectivity index (χ0) is 16.3. The van der Waals surface area contributed by atoms with E-state index in [1.165, 1.54) is 4.90 Å². The van der Waals surface area contributed by atoms with E-state index in [1.54, 1.807) is 6.92 Å². The Morgan fingerprint density at radius 3 is 2.82 bits per heavy atom. The van der Waals surface area contributed by atoms with Crippen LogP contribution in [0.2, 0.25) is 0 Å². The van der Waals surface area contributed by atoms with Crippen LogP contribution in [0.5, 0.6) is 5.75 Å². The lowest BCUT2D eigenvalue weighted by Crippen LogP contribution is -2.43. The number of amides is 1. The molecule has 1 saturated heterocycles. The zero-order valence-electron chi connectivity index (χ0n) is 12.1. The number of piperidine rings is 1. The number of benzene rings is 1. The molecule has 7 heteroatoms. The van der Waals surface area contributed by atoms with Gasteiger partial charge in [-0.25, -0.2) is 4.39 Å². The Morgan fingerprint density at radius 1 is 1.45 bits per heavy atom. The molecule has 0 bridgehead atoms. The van der Waals surface area contributed by atoms with Crippen LogP contribution in [0.4, 0.5) is 13.2 Å². The number of hydrogen-bond acceptors (Lipinski definition) is 3. The average Bonchev–Trinajstić information content (AvgIpc) is 2.46. The maximum absolute atomic E-state index is 13.2. The molecule has 1 fully saturated rings. The molecule has 122 valence electrons. The SMILES string of the molecule is CC(O)C1CCCN(C(=O)c2ccc(F)cc2OC(F)F)C1. The Morgan fingerprint density at radius 2 is 2.18 bits per heavy atom. The van der Waals surface area contributed by atoms with Crippen LogP contribution in [0.3, 0.4) is 0 Å². The Kier molecular flexibility index (Phi) is 5.28. The number of alkyl halides is 2. The van der Waals surface area contributed by atoms with Gasteiger partial charge in [-0.2, -0.15) is 8.78 Å². The molecule has 1 aromatic carbocycles. The summed E-state index contributed by atoms with van der Waals surface area (Å²) in [5.41, 5.74) is -0.104. The highest BCUT2D eigenvalue weighted by atomic mass is 19.3. The van der Waals surface area contributed by atoms with E-state index in [2.05, 4.69) is 4.74 Å². The van der Waals surface area contributed by atoms with Crippen molar-refractivity contribution in [2.45, 2.75) is 32.5 Å². The predicted molar refractivity (Wildman–Crippen MR) is 73.3 cm³/mol. The molecule has 1 amide bonds. The lowest BCUT2D eigenvalue weighted by molar-refractivity contribution is -0.0504. The van der Waals surface area contributed by atoms with E-state index in [-0.39, 0.29) is 11.5 Å². The molecule has 0 aromatic heterocycles. The molecule has 2 atom stereocenters. The van der Waals surface area contributed by atoms with Gasteiger partial charge >= 0.3 is 6.61 Å². The lowest BCUT2D eigenvalue weighted by atomic mass is 9.93. The summed E-state index contributed by atoms with van der Waals surface area (Å²) < 4.78 is 42.2. The molecule has 1 aliphatic rings. The van der Waals surface area contributed by atoms with Crippen LogP contribution >= 0.6 is 0 Å². The molecule has 0 saturated carbocycles. The van der Waals surface area contributed by atoms with E-state index in [9.17, 15) is 23.1 Å². The third kappa shape index (κ3) is 3.91. The van der Waals surface area contributed by atoms with Gasteiger partial charge in [-0.1, -0.05) is 0 Å². The summed E-state index contributed by atoms with van der Waals surface area (Å²) in [4.78, 5) is 14.0. The van der Waals surface area contributed by atoms with Crippen molar-refractivity contribution in [1.82, 2.24) is 4.90 Å². The van der Waals surface area contributed by atoms with Crippen molar-refractivity contribution in [3.63, 3.8) is 0 Å². The summed E-state index contributed by atoms with van der Waals surface area (Å²) >= 11 is 0. The van der Waals surface area contributed by atoms with Crippen molar-refractivity contribution >= 4 is 5.91 Å². The third-order valence-electron chi connectivity index (χ3n) is 3.82. The summed E-state index contributed by atoms with van der Waals surface area (Å²) in [6.45, 7) is -0.683. The second kappa shape index (κ2) is 7.00. The van der Waals surface area contributed by atoms with Gasteiger partial charge in [0.25, 0.3) is 5.91 Å². The van der Waals surface area contributed by atoms with E-state index in [0.717, 1.165) is 24.6 Å². The molecular weight excluding hydrogens is 299 g/mol. The molecule has 2 rings (SSSR count). The predicted octanol–water partition coefficient (Wildman–Crippen LogP) is 2.66. The van der Waals surface area contributed by atoms with Gasteiger partial charge in [0.1, 0.15) is 11.6 Å². The van der Waals surface area contributed by atoms with E-state index in [0.29, 0.717) is 19.5 Å². The molecule has 1 aromatic rings. The van der Waals surface area contributed by atoms with Gasteiger partial charge in [0.15, 0.2) is 0 Å². The fraction of sp³-hybridized carbons (Fsp3) is 0.533. The monoisotopic (exact) mass is 317 g/mol. The fourth-order valence-corrected chi connectivity index (χ4v) is 2.62. The minimum atomic E-state index is -3.14. The van der Waals surface area contributed by atoms with Crippen molar-refractivity contribution < 1.29 is 27.8 Å². The average molecular weight is 317 g/mol. The van der Waals surface area contributed by atoms with Crippen LogP contribution in [0.25, 0.3) is 0 Å². The summed E-state index contributed by atoms with van der Waals surface area (Å²) in [6.07, 6.45) is 0.958.